The molecule has 4 heteroatoms. The monoisotopic (exact) mass is 329 g/mol. The SMILES string of the molecule is O=[N+]([O-])c1ccc2c(c1)CC(c1ccccc1)=C(c1ccccc1)O2. The van der Waals surface area contributed by atoms with E-state index in [4.69, 9.17) is 4.74 Å². The first-order valence-corrected chi connectivity index (χ1v) is 8.01. The molecule has 1 heterocycles. The summed E-state index contributed by atoms with van der Waals surface area (Å²) in [6, 6.07) is 24.7. The zero-order valence-corrected chi connectivity index (χ0v) is 13.4. The molecule has 4 nitrogen and oxygen atoms in total. The van der Waals surface area contributed by atoms with E-state index >= 15 is 0 Å². The molecule has 3 aromatic rings. The maximum atomic E-state index is 11.1. The van der Waals surface area contributed by atoms with E-state index in [0.29, 0.717) is 12.2 Å². The second-order valence-corrected chi connectivity index (χ2v) is 5.87. The Hall–Kier alpha value is -3.40. The van der Waals surface area contributed by atoms with Gasteiger partial charge in [0.05, 0.1) is 4.92 Å². The van der Waals surface area contributed by atoms with Gasteiger partial charge < -0.3 is 4.74 Å². The fourth-order valence-electron chi connectivity index (χ4n) is 3.05. The van der Waals surface area contributed by atoms with Crippen molar-refractivity contribution in [2.75, 3.05) is 0 Å². The summed E-state index contributed by atoms with van der Waals surface area (Å²) in [5.41, 5.74) is 3.98. The van der Waals surface area contributed by atoms with Crippen LogP contribution >= 0.6 is 0 Å². The van der Waals surface area contributed by atoms with E-state index in [-0.39, 0.29) is 10.6 Å². The average Bonchev–Trinajstić information content (AvgIpc) is 2.68. The molecule has 0 unspecified atom stereocenters. The number of ether oxygens (including phenoxy) is 1. The van der Waals surface area contributed by atoms with Gasteiger partial charge in [0.2, 0.25) is 0 Å². The summed E-state index contributed by atoms with van der Waals surface area (Å²) in [6.07, 6.45) is 0.589. The number of benzene rings is 3. The Morgan fingerprint density at radius 1 is 0.840 bits per heavy atom. The number of hydrogen-bond donors (Lipinski definition) is 0. The average molecular weight is 329 g/mol. The van der Waals surface area contributed by atoms with Gasteiger partial charge in [0.25, 0.3) is 5.69 Å². The van der Waals surface area contributed by atoms with E-state index < -0.39 is 0 Å². The summed E-state index contributed by atoms with van der Waals surface area (Å²) in [7, 11) is 0. The fourth-order valence-corrected chi connectivity index (χ4v) is 3.05. The Morgan fingerprint density at radius 3 is 2.12 bits per heavy atom. The zero-order valence-electron chi connectivity index (χ0n) is 13.4. The molecule has 0 atom stereocenters. The van der Waals surface area contributed by atoms with Gasteiger partial charge >= 0.3 is 0 Å². The van der Waals surface area contributed by atoms with E-state index in [1.807, 2.05) is 60.7 Å². The third-order valence-electron chi connectivity index (χ3n) is 4.27. The first kappa shape index (κ1) is 15.1. The van der Waals surface area contributed by atoms with Gasteiger partial charge in [0.1, 0.15) is 11.5 Å². The van der Waals surface area contributed by atoms with Gasteiger partial charge in [-0.1, -0.05) is 60.7 Å². The second-order valence-electron chi connectivity index (χ2n) is 5.87. The molecule has 122 valence electrons. The minimum Gasteiger partial charge on any atom is -0.456 e. The van der Waals surface area contributed by atoms with Crippen LogP contribution in [0.25, 0.3) is 11.3 Å². The summed E-state index contributed by atoms with van der Waals surface area (Å²) in [5.74, 6) is 1.47. The van der Waals surface area contributed by atoms with Crippen LogP contribution in [0.1, 0.15) is 16.7 Å². The van der Waals surface area contributed by atoms with Crippen molar-refractivity contribution < 1.29 is 9.66 Å². The highest BCUT2D eigenvalue weighted by atomic mass is 16.6. The Balaban J connectivity index is 1.86. The number of hydrogen-bond acceptors (Lipinski definition) is 3. The number of fused-ring (bicyclic) bond motifs is 1. The van der Waals surface area contributed by atoms with Crippen molar-refractivity contribution in [2.45, 2.75) is 6.42 Å². The second kappa shape index (κ2) is 6.24. The van der Waals surface area contributed by atoms with E-state index in [1.165, 1.54) is 6.07 Å². The molecule has 0 amide bonds. The molecule has 0 saturated carbocycles. The Kier molecular flexibility index (Phi) is 3.78. The van der Waals surface area contributed by atoms with Crippen LogP contribution in [0.2, 0.25) is 0 Å². The molecule has 1 aliphatic rings. The quantitative estimate of drug-likeness (QED) is 0.496. The maximum absolute atomic E-state index is 11.1. The summed E-state index contributed by atoms with van der Waals surface area (Å²) < 4.78 is 6.18. The molecule has 0 spiro atoms. The first-order valence-electron chi connectivity index (χ1n) is 8.01. The van der Waals surface area contributed by atoms with E-state index in [1.54, 1.807) is 12.1 Å². The summed E-state index contributed by atoms with van der Waals surface area (Å²) in [4.78, 5) is 10.7. The molecule has 0 fully saturated rings. The summed E-state index contributed by atoms with van der Waals surface area (Å²) in [5, 5.41) is 11.1. The van der Waals surface area contributed by atoms with Gasteiger partial charge in [-0.25, -0.2) is 0 Å². The molecular formula is C21H15NO3. The minimum absolute atomic E-state index is 0.0814. The molecule has 0 aromatic heterocycles. The summed E-state index contributed by atoms with van der Waals surface area (Å²) in [6.45, 7) is 0. The predicted octanol–water partition coefficient (Wildman–Crippen LogP) is 5.10. The highest BCUT2D eigenvalue weighted by molar-refractivity contribution is 5.91. The van der Waals surface area contributed by atoms with Crippen molar-refractivity contribution in [1.29, 1.82) is 0 Å². The number of nitro benzene ring substituents is 1. The number of nitrogens with zero attached hydrogens (tertiary/aromatic N) is 1. The molecule has 25 heavy (non-hydrogen) atoms. The third kappa shape index (κ3) is 2.90. The van der Waals surface area contributed by atoms with Crippen molar-refractivity contribution in [1.82, 2.24) is 0 Å². The van der Waals surface area contributed by atoms with E-state index in [9.17, 15) is 10.1 Å². The number of allylic oxidation sites excluding steroid dienone is 1. The van der Waals surface area contributed by atoms with E-state index in [2.05, 4.69) is 0 Å². The molecule has 3 aromatic carbocycles. The highest BCUT2D eigenvalue weighted by Crippen LogP contribution is 2.40. The van der Waals surface area contributed by atoms with Crippen molar-refractivity contribution in [3.8, 4) is 5.75 Å². The lowest BCUT2D eigenvalue weighted by atomic mass is 9.92. The smallest absolute Gasteiger partial charge is 0.269 e. The van der Waals surface area contributed by atoms with Crippen LogP contribution in [0, 0.1) is 10.1 Å². The van der Waals surface area contributed by atoms with Crippen LogP contribution < -0.4 is 4.74 Å². The number of rotatable bonds is 3. The molecule has 0 radical (unpaired) electrons. The van der Waals surface area contributed by atoms with Crippen molar-refractivity contribution in [3.63, 3.8) is 0 Å². The minimum atomic E-state index is -0.376. The van der Waals surface area contributed by atoms with Crippen LogP contribution in [0.4, 0.5) is 5.69 Å². The van der Waals surface area contributed by atoms with Gasteiger partial charge in [-0.2, -0.15) is 0 Å². The first-order chi connectivity index (χ1) is 12.2. The highest BCUT2D eigenvalue weighted by Gasteiger charge is 2.24. The fraction of sp³-hybridized carbons (Fsp3) is 0.0476. The molecule has 0 bridgehead atoms. The molecule has 0 saturated heterocycles. The lowest BCUT2D eigenvalue weighted by Gasteiger charge is -2.24. The van der Waals surface area contributed by atoms with Crippen LogP contribution in [-0.2, 0) is 6.42 Å². The molecule has 1 aliphatic heterocycles. The van der Waals surface area contributed by atoms with Gasteiger partial charge in [-0.15, -0.1) is 0 Å². The maximum Gasteiger partial charge on any atom is 0.269 e. The van der Waals surface area contributed by atoms with Gasteiger partial charge in [-0.05, 0) is 11.6 Å². The summed E-state index contributed by atoms with van der Waals surface area (Å²) >= 11 is 0. The van der Waals surface area contributed by atoms with E-state index in [0.717, 1.165) is 28.0 Å². The number of nitro groups is 1. The topological polar surface area (TPSA) is 52.4 Å². The predicted molar refractivity (Wildman–Crippen MR) is 97.1 cm³/mol. The Bertz CT molecular complexity index is 963. The zero-order chi connectivity index (χ0) is 17.2. The molecule has 0 N–H and O–H groups in total. The Labute approximate surface area is 145 Å². The molecular weight excluding hydrogens is 314 g/mol. The van der Waals surface area contributed by atoms with Crippen molar-refractivity contribution in [3.05, 3.63) is 106 Å². The largest absolute Gasteiger partial charge is 0.456 e. The van der Waals surface area contributed by atoms with Gasteiger partial charge in [0, 0.05) is 35.3 Å². The van der Waals surface area contributed by atoms with Gasteiger partial charge in [0.15, 0.2) is 0 Å². The van der Waals surface area contributed by atoms with Gasteiger partial charge in [-0.3, -0.25) is 10.1 Å². The van der Waals surface area contributed by atoms with Crippen molar-refractivity contribution in [2.24, 2.45) is 0 Å². The number of non-ortho nitro benzene ring substituents is 1. The third-order valence-corrected chi connectivity index (χ3v) is 4.27. The lowest BCUT2D eigenvalue weighted by Crippen LogP contribution is -2.09. The Morgan fingerprint density at radius 2 is 1.48 bits per heavy atom. The van der Waals surface area contributed by atoms with Crippen LogP contribution in [0.5, 0.6) is 5.75 Å². The van der Waals surface area contributed by atoms with Crippen LogP contribution in [0.3, 0.4) is 0 Å². The standard InChI is InChI=1S/C21H15NO3/c23-22(24)18-11-12-20-17(13-18)14-19(15-7-3-1-4-8-15)21(25-20)16-9-5-2-6-10-16/h1-13H,14H2. The molecule has 0 aliphatic carbocycles. The normalized spacial score (nSPS) is 13.1. The van der Waals surface area contributed by atoms with Crippen LogP contribution in [0.15, 0.2) is 78.9 Å². The molecule has 4 rings (SSSR count). The van der Waals surface area contributed by atoms with Crippen molar-refractivity contribution >= 4 is 17.0 Å². The van der Waals surface area contributed by atoms with Crippen LogP contribution in [-0.4, -0.2) is 4.92 Å². The lowest BCUT2D eigenvalue weighted by molar-refractivity contribution is -0.384.